The van der Waals surface area contributed by atoms with E-state index in [0.717, 1.165) is 5.56 Å². The molecule has 0 bridgehead atoms. The van der Waals surface area contributed by atoms with Crippen molar-refractivity contribution in [1.29, 1.82) is 5.26 Å². The molecule has 0 unspecified atom stereocenters. The van der Waals surface area contributed by atoms with Crippen LogP contribution in [0.5, 0.6) is 17.2 Å². The van der Waals surface area contributed by atoms with Crippen LogP contribution in [-0.4, -0.2) is 13.2 Å². The van der Waals surface area contributed by atoms with E-state index in [2.05, 4.69) is 6.07 Å². The molecule has 0 saturated heterocycles. The number of hydrogen-bond acceptors (Lipinski definition) is 4. The van der Waals surface area contributed by atoms with Crippen molar-refractivity contribution in [2.75, 3.05) is 13.2 Å². The molecule has 4 heteroatoms. The average Bonchev–Trinajstić information content (AvgIpc) is 2.53. The van der Waals surface area contributed by atoms with Crippen LogP contribution in [0.2, 0.25) is 0 Å². The summed E-state index contributed by atoms with van der Waals surface area (Å²) in [6.07, 6.45) is 0. The summed E-state index contributed by atoms with van der Waals surface area (Å²) in [5.74, 6) is 1.69. The standard InChI is InChI=1S/C16H13NO3/c17-10-13-8-14-16(19-7-6-18-14)15(9-13)20-11-12-4-2-1-3-5-12/h1-5,8-9H,6-7,11H2. The van der Waals surface area contributed by atoms with Crippen LogP contribution in [0.4, 0.5) is 0 Å². The van der Waals surface area contributed by atoms with Gasteiger partial charge >= 0.3 is 0 Å². The smallest absolute Gasteiger partial charge is 0.203 e. The van der Waals surface area contributed by atoms with Crippen molar-refractivity contribution < 1.29 is 14.2 Å². The summed E-state index contributed by atoms with van der Waals surface area (Å²) in [7, 11) is 0. The van der Waals surface area contributed by atoms with Gasteiger partial charge in [-0.3, -0.25) is 0 Å². The second-order valence-corrected chi connectivity index (χ2v) is 4.38. The summed E-state index contributed by atoms with van der Waals surface area (Å²) in [5.41, 5.74) is 1.55. The predicted molar refractivity (Wildman–Crippen MR) is 72.9 cm³/mol. The quantitative estimate of drug-likeness (QED) is 0.858. The van der Waals surface area contributed by atoms with E-state index >= 15 is 0 Å². The largest absolute Gasteiger partial charge is 0.486 e. The number of nitriles is 1. The fourth-order valence-electron chi connectivity index (χ4n) is 2.03. The molecule has 0 N–H and O–H groups in total. The molecule has 1 aliphatic heterocycles. The molecule has 0 aromatic heterocycles. The molecule has 2 aromatic rings. The van der Waals surface area contributed by atoms with Crippen LogP contribution in [0.25, 0.3) is 0 Å². The Morgan fingerprint density at radius 3 is 2.70 bits per heavy atom. The van der Waals surface area contributed by atoms with Crippen molar-refractivity contribution >= 4 is 0 Å². The Balaban J connectivity index is 1.86. The molecule has 4 nitrogen and oxygen atoms in total. The highest BCUT2D eigenvalue weighted by atomic mass is 16.6. The molecule has 0 aliphatic carbocycles. The van der Waals surface area contributed by atoms with Gasteiger partial charge in [-0.1, -0.05) is 30.3 Å². The van der Waals surface area contributed by atoms with Gasteiger partial charge in [0.2, 0.25) is 5.75 Å². The van der Waals surface area contributed by atoms with Gasteiger partial charge in [-0.05, 0) is 5.56 Å². The Morgan fingerprint density at radius 2 is 1.90 bits per heavy atom. The summed E-state index contributed by atoms with van der Waals surface area (Å²) >= 11 is 0. The van der Waals surface area contributed by atoms with Crippen LogP contribution < -0.4 is 14.2 Å². The highest BCUT2D eigenvalue weighted by Gasteiger charge is 2.19. The Labute approximate surface area is 117 Å². The Morgan fingerprint density at radius 1 is 1.10 bits per heavy atom. The minimum absolute atomic E-state index is 0.422. The number of benzene rings is 2. The molecule has 0 amide bonds. The number of fused-ring (bicyclic) bond motifs is 1. The highest BCUT2D eigenvalue weighted by Crippen LogP contribution is 2.40. The average molecular weight is 267 g/mol. The minimum atomic E-state index is 0.422. The van der Waals surface area contributed by atoms with Gasteiger partial charge in [0.05, 0.1) is 11.6 Å². The van der Waals surface area contributed by atoms with E-state index in [1.165, 1.54) is 0 Å². The van der Waals surface area contributed by atoms with Gasteiger partial charge in [0.15, 0.2) is 11.5 Å². The number of rotatable bonds is 3. The van der Waals surface area contributed by atoms with Crippen LogP contribution in [0.1, 0.15) is 11.1 Å². The molecule has 2 aromatic carbocycles. The second kappa shape index (κ2) is 5.54. The summed E-state index contributed by atoms with van der Waals surface area (Å²) in [4.78, 5) is 0. The normalized spacial score (nSPS) is 12.6. The third-order valence-corrected chi connectivity index (χ3v) is 2.97. The first-order valence-corrected chi connectivity index (χ1v) is 6.37. The number of ether oxygens (including phenoxy) is 3. The molecule has 0 atom stereocenters. The zero-order chi connectivity index (χ0) is 13.8. The molecule has 3 rings (SSSR count). The highest BCUT2D eigenvalue weighted by molar-refractivity contribution is 5.57. The lowest BCUT2D eigenvalue weighted by Gasteiger charge is -2.21. The third kappa shape index (κ3) is 2.52. The Kier molecular flexibility index (Phi) is 3.42. The van der Waals surface area contributed by atoms with E-state index in [0.29, 0.717) is 42.6 Å². The first kappa shape index (κ1) is 12.4. The van der Waals surface area contributed by atoms with E-state index in [4.69, 9.17) is 19.5 Å². The van der Waals surface area contributed by atoms with Gasteiger partial charge in [0.25, 0.3) is 0 Å². The SMILES string of the molecule is N#Cc1cc2c(c(OCc3ccccc3)c1)OCCO2. The molecule has 0 radical (unpaired) electrons. The van der Waals surface area contributed by atoms with Crippen LogP contribution in [0.15, 0.2) is 42.5 Å². The number of nitrogens with zero attached hydrogens (tertiary/aromatic N) is 1. The van der Waals surface area contributed by atoms with Gasteiger partial charge < -0.3 is 14.2 Å². The van der Waals surface area contributed by atoms with Crippen molar-refractivity contribution in [3.05, 3.63) is 53.6 Å². The molecule has 0 spiro atoms. The topological polar surface area (TPSA) is 51.5 Å². The maximum Gasteiger partial charge on any atom is 0.203 e. The second-order valence-electron chi connectivity index (χ2n) is 4.38. The third-order valence-electron chi connectivity index (χ3n) is 2.97. The molecule has 0 fully saturated rings. The minimum Gasteiger partial charge on any atom is -0.486 e. The van der Waals surface area contributed by atoms with Crippen LogP contribution >= 0.6 is 0 Å². The van der Waals surface area contributed by atoms with Gasteiger partial charge in [-0.25, -0.2) is 0 Å². The maximum absolute atomic E-state index is 9.05. The lowest BCUT2D eigenvalue weighted by atomic mass is 10.2. The lowest BCUT2D eigenvalue weighted by molar-refractivity contribution is 0.161. The molecule has 100 valence electrons. The van der Waals surface area contributed by atoms with Gasteiger partial charge in [0, 0.05) is 12.1 Å². The van der Waals surface area contributed by atoms with Crippen LogP contribution in [0, 0.1) is 11.3 Å². The van der Waals surface area contributed by atoms with Crippen molar-refractivity contribution in [2.24, 2.45) is 0 Å². The predicted octanol–water partition coefficient (Wildman–Crippen LogP) is 2.91. The van der Waals surface area contributed by atoms with E-state index in [-0.39, 0.29) is 0 Å². The first-order valence-electron chi connectivity index (χ1n) is 6.37. The molecular formula is C16H13NO3. The zero-order valence-corrected chi connectivity index (χ0v) is 10.8. The van der Waals surface area contributed by atoms with Crippen LogP contribution in [0.3, 0.4) is 0 Å². The molecule has 1 heterocycles. The monoisotopic (exact) mass is 267 g/mol. The van der Waals surface area contributed by atoms with Gasteiger partial charge in [-0.2, -0.15) is 5.26 Å². The van der Waals surface area contributed by atoms with Crippen molar-refractivity contribution in [2.45, 2.75) is 6.61 Å². The number of hydrogen-bond donors (Lipinski definition) is 0. The summed E-state index contributed by atoms with van der Waals surface area (Å²) in [6.45, 7) is 1.39. The summed E-state index contributed by atoms with van der Waals surface area (Å²) in [6, 6.07) is 15.3. The zero-order valence-electron chi connectivity index (χ0n) is 10.8. The molecule has 0 saturated carbocycles. The molecular weight excluding hydrogens is 254 g/mol. The van der Waals surface area contributed by atoms with Crippen LogP contribution in [-0.2, 0) is 6.61 Å². The lowest BCUT2D eigenvalue weighted by Crippen LogP contribution is -2.16. The molecule has 1 aliphatic rings. The van der Waals surface area contributed by atoms with Crippen molar-refractivity contribution in [3.8, 4) is 23.3 Å². The van der Waals surface area contributed by atoms with E-state index in [1.54, 1.807) is 12.1 Å². The summed E-state index contributed by atoms with van der Waals surface area (Å²) in [5, 5.41) is 9.05. The Bertz CT molecular complexity index is 647. The van der Waals surface area contributed by atoms with E-state index in [9.17, 15) is 0 Å². The summed E-state index contributed by atoms with van der Waals surface area (Å²) < 4.78 is 16.9. The molecule has 20 heavy (non-hydrogen) atoms. The van der Waals surface area contributed by atoms with E-state index < -0.39 is 0 Å². The van der Waals surface area contributed by atoms with E-state index in [1.807, 2.05) is 30.3 Å². The van der Waals surface area contributed by atoms with Gasteiger partial charge in [0.1, 0.15) is 19.8 Å². The Hall–Kier alpha value is -2.67. The van der Waals surface area contributed by atoms with Crippen molar-refractivity contribution in [1.82, 2.24) is 0 Å². The maximum atomic E-state index is 9.05. The van der Waals surface area contributed by atoms with Gasteiger partial charge in [-0.15, -0.1) is 0 Å². The van der Waals surface area contributed by atoms with Crippen molar-refractivity contribution in [3.63, 3.8) is 0 Å². The fraction of sp³-hybridized carbons (Fsp3) is 0.188. The first-order chi connectivity index (χ1) is 9.86. The fourth-order valence-corrected chi connectivity index (χ4v) is 2.03.